The fourth-order valence-corrected chi connectivity index (χ4v) is 2.43. The van der Waals surface area contributed by atoms with E-state index >= 15 is 0 Å². The van der Waals surface area contributed by atoms with Gasteiger partial charge in [0.25, 0.3) is 5.78 Å². The third-order valence-electron chi connectivity index (χ3n) is 3.22. The number of pyridine rings is 1. The number of nitrogens with zero attached hydrogens (tertiary/aromatic N) is 1. The van der Waals surface area contributed by atoms with Crippen LogP contribution in [0.1, 0.15) is 20.8 Å². The minimum Gasteiger partial charge on any atom is -0.464 e. The van der Waals surface area contributed by atoms with E-state index in [0.29, 0.717) is 0 Å². The summed E-state index contributed by atoms with van der Waals surface area (Å²) < 4.78 is 57.1. The number of aromatic nitrogens is 1. The molecule has 2 rings (SSSR count). The van der Waals surface area contributed by atoms with Crippen molar-refractivity contribution in [1.82, 2.24) is 4.98 Å². The van der Waals surface area contributed by atoms with Crippen molar-refractivity contribution < 1.29 is 31.9 Å². The minimum absolute atomic E-state index is 0.199. The summed E-state index contributed by atoms with van der Waals surface area (Å²) in [4.78, 5) is 26.9. The van der Waals surface area contributed by atoms with Crippen LogP contribution in [0.5, 0.6) is 0 Å². The van der Waals surface area contributed by atoms with E-state index in [1.165, 1.54) is 0 Å². The van der Waals surface area contributed by atoms with Crippen molar-refractivity contribution in [2.75, 3.05) is 12.8 Å². The average molecular weight is 411 g/mol. The minimum atomic E-state index is -5.34. The Hall–Kier alpha value is -2.39. The van der Waals surface area contributed by atoms with Crippen LogP contribution in [-0.2, 0) is 4.74 Å². The predicted molar refractivity (Wildman–Crippen MR) is 85.8 cm³/mol. The number of rotatable bonds is 3. The Morgan fingerprint density at radius 1 is 1.23 bits per heavy atom. The number of ether oxygens (including phenoxy) is 1. The zero-order valence-corrected chi connectivity index (χ0v) is 14.3. The number of benzene rings is 1. The van der Waals surface area contributed by atoms with Crippen molar-refractivity contribution in [3.63, 3.8) is 0 Å². The van der Waals surface area contributed by atoms with Crippen LogP contribution < -0.4 is 5.73 Å². The van der Waals surface area contributed by atoms with Crippen LogP contribution in [-0.4, -0.2) is 30.0 Å². The second kappa shape index (κ2) is 7.08. The third kappa shape index (κ3) is 3.58. The van der Waals surface area contributed by atoms with Gasteiger partial charge in [-0.2, -0.15) is 13.2 Å². The zero-order chi connectivity index (χ0) is 19.8. The lowest BCUT2D eigenvalue weighted by Crippen LogP contribution is -2.24. The summed E-state index contributed by atoms with van der Waals surface area (Å²) in [5.74, 6) is -5.02. The first-order valence-electron chi connectivity index (χ1n) is 6.63. The summed E-state index contributed by atoms with van der Waals surface area (Å²) in [5.41, 5.74) is 2.72. The molecule has 11 heteroatoms. The van der Waals surface area contributed by atoms with Gasteiger partial charge in [0, 0.05) is 5.56 Å². The number of carbonyl (C=O) groups is 2. The highest BCUT2D eigenvalue weighted by Crippen LogP contribution is 2.35. The third-order valence-corrected chi connectivity index (χ3v) is 3.93. The van der Waals surface area contributed by atoms with Crippen LogP contribution >= 0.6 is 23.2 Å². The van der Waals surface area contributed by atoms with E-state index in [-0.39, 0.29) is 16.4 Å². The highest BCUT2D eigenvalue weighted by atomic mass is 35.5. The van der Waals surface area contributed by atoms with Crippen LogP contribution in [0.15, 0.2) is 18.2 Å². The first-order valence-corrected chi connectivity index (χ1v) is 7.38. The maximum Gasteiger partial charge on any atom is 0.455 e. The monoisotopic (exact) mass is 410 g/mol. The standard InChI is InChI=1S/C15H8Cl2F4N2O3/c1-26-14(25)12-10(17)7(22)4-8(23-12)5-2-3-6(16)9(11(5)18)13(24)15(19,20)21/h2-4H,1H3,(H2,22,23). The van der Waals surface area contributed by atoms with Gasteiger partial charge in [0.05, 0.1) is 34.1 Å². The fourth-order valence-electron chi connectivity index (χ4n) is 2.02. The number of nitrogens with two attached hydrogens (primary N) is 1. The summed E-state index contributed by atoms with van der Waals surface area (Å²) in [6.07, 6.45) is -5.34. The normalized spacial score (nSPS) is 11.3. The van der Waals surface area contributed by atoms with Crippen molar-refractivity contribution in [2.24, 2.45) is 0 Å². The van der Waals surface area contributed by atoms with Gasteiger partial charge in [-0.3, -0.25) is 4.79 Å². The molecule has 1 aromatic heterocycles. The molecule has 0 aliphatic rings. The van der Waals surface area contributed by atoms with Gasteiger partial charge in [0.15, 0.2) is 5.69 Å². The number of Topliss-reactive ketones (excluding diaryl/α,β-unsaturated/α-hetero) is 1. The Labute approximate surface area is 153 Å². The SMILES string of the molecule is COC(=O)c1nc(-c2ccc(Cl)c(C(=O)C(F)(F)F)c2F)cc(N)c1Cl. The van der Waals surface area contributed by atoms with Gasteiger partial charge in [-0.25, -0.2) is 14.2 Å². The van der Waals surface area contributed by atoms with Gasteiger partial charge in [0.1, 0.15) is 5.82 Å². The molecule has 0 saturated heterocycles. The molecular formula is C15H8Cl2F4N2O3. The van der Waals surface area contributed by atoms with E-state index in [1.807, 2.05) is 0 Å². The van der Waals surface area contributed by atoms with Crippen molar-refractivity contribution in [1.29, 1.82) is 0 Å². The molecule has 0 spiro atoms. The summed E-state index contributed by atoms with van der Waals surface area (Å²) in [6.45, 7) is 0. The van der Waals surface area contributed by atoms with Gasteiger partial charge >= 0.3 is 12.1 Å². The average Bonchev–Trinajstić information content (AvgIpc) is 2.55. The van der Waals surface area contributed by atoms with Crippen molar-refractivity contribution in [2.45, 2.75) is 6.18 Å². The van der Waals surface area contributed by atoms with Crippen molar-refractivity contribution in [3.05, 3.63) is 45.3 Å². The Morgan fingerprint density at radius 3 is 2.38 bits per heavy atom. The molecule has 1 heterocycles. The molecule has 2 N–H and O–H groups in total. The van der Waals surface area contributed by atoms with Gasteiger partial charge in [0.2, 0.25) is 0 Å². The molecule has 0 aliphatic carbocycles. The largest absolute Gasteiger partial charge is 0.464 e. The predicted octanol–water partition coefficient (Wildman–Crippen LogP) is 4.31. The second-order valence-corrected chi connectivity index (χ2v) is 5.65. The Bertz CT molecular complexity index is 917. The van der Waals surface area contributed by atoms with E-state index in [2.05, 4.69) is 9.72 Å². The van der Waals surface area contributed by atoms with Crippen LogP contribution in [0.4, 0.5) is 23.2 Å². The van der Waals surface area contributed by atoms with E-state index < -0.39 is 45.6 Å². The topological polar surface area (TPSA) is 82.3 Å². The molecule has 0 bridgehead atoms. The van der Waals surface area contributed by atoms with Gasteiger partial charge < -0.3 is 10.5 Å². The second-order valence-electron chi connectivity index (χ2n) is 4.86. The Kier molecular flexibility index (Phi) is 5.43. The maximum atomic E-state index is 14.6. The molecule has 0 saturated carbocycles. The van der Waals surface area contributed by atoms with Crippen LogP contribution in [0, 0.1) is 5.82 Å². The molecule has 0 unspecified atom stereocenters. The zero-order valence-electron chi connectivity index (χ0n) is 12.7. The number of anilines is 1. The summed E-state index contributed by atoms with van der Waals surface area (Å²) in [7, 11) is 1.03. The molecule has 0 radical (unpaired) electrons. The molecular weight excluding hydrogens is 403 g/mol. The molecule has 2 aromatic rings. The lowest BCUT2D eigenvalue weighted by atomic mass is 10.0. The van der Waals surface area contributed by atoms with Crippen molar-refractivity contribution >= 4 is 40.6 Å². The number of methoxy groups -OCH3 is 1. The number of hydrogen-bond donors (Lipinski definition) is 1. The molecule has 1 aromatic carbocycles. The number of carbonyl (C=O) groups excluding carboxylic acids is 2. The highest BCUT2D eigenvalue weighted by Gasteiger charge is 2.42. The van der Waals surface area contributed by atoms with Crippen molar-refractivity contribution in [3.8, 4) is 11.3 Å². The molecule has 0 aliphatic heterocycles. The Morgan fingerprint density at radius 2 is 1.85 bits per heavy atom. The summed E-state index contributed by atoms with van der Waals surface area (Å²) in [5, 5.41) is -1.01. The maximum absolute atomic E-state index is 14.6. The first kappa shape index (κ1) is 19.9. The molecule has 0 amide bonds. The van der Waals surface area contributed by atoms with Crippen LogP contribution in [0.3, 0.4) is 0 Å². The smallest absolute Gasteiger partial charge is 0.455 e. The van der Waals surface area contributed by atoms with Gasteiger partial charge in [-0.15, -0.1) is 0 Å². The van der Waals surface area contributed by atoms with E-state index in [9.17, 15) is 27.2 Å². The molecule has 26 heavy (non-hydrogen) atoms. The highest BCUT2D eigenvalue weighted by molar-refractivity contribution is 6.36. The molecule has 0 fully saturated rings. The van der Waals surface area contributed by atoms with E-state index in [0.717, 1.165) is 25.3 Å². The first-order chi connectivity index (χ1) is 12.0. The number of halogens is 6. The lowest BCUT2D eigenvalue weighted by molar-refractivity contribution is -0.0887. The van der Waals surface area contributed by atoms with E-state index in [4.69, 9.17) is 28.9 Å². The Balaban J connectivity index is 2.73. The van der Waals surface area contributed by atoms with Gasteiger partial charge in [-0.1, -0.05) is 23.2 Å². The number of nitrogen functional groups attached to an aromatic ring is 1. The lowest BCUT2D eigenvalue weighted by Gasteiger charge is -2.13. The van der Waals surface area contributed by atoms with Crippen LogP contribution in [0.2, 0.25) is 10.0 Å². The number of ketones is 1. The number of hydrogen-bond acceptors (Lipinski definition) is 5. The molecule has 5 nitrogen and oxygen atoms in total. The quantitative estimate of drug-likeness (QED) is 0.463. The van der Waals surface area contributed by atoms with E-state index in [1.54, 1.807) is 0 Å². The summed E-state index contributed by atoms with van der Waals surface area (Å²) in [6, 6.07) is 2.91. The number of alkyl halides is 3. The fraction of sp³-hybridized carbons (Fsp3) is 0.133. The molecule has 0 atom stereocenters. The van der Waals surface area contributed by atoms with Crippen LogP contribution in [0.25, 0.3) is 11.3 Å². The van der Waals surface area contributed by atoms with Gasteiger partial charge in [-0.05, 0) is 18.2 Å². The summed E-state index contributed by atoms with van der Waals surface area (Å²) >= 11 is 11.4. The molecule has 138 valence electrons. The number of esters is 1.